The number of carbonyl (C=O) groups is 1. The van der Waals surface area contributed by atoms with Gasteiger partial charge in [0.1, 0.15) is 11.8 Å². The second-order valence-corrected chi connectivity index (χ2v) is 3.77. The third kappa shape index (κ3) is 2.03. The van der Waals surface area contributed by atoms with E-state index in [0.29, 0.717) is 29.9 Å². The average molecular weight is 235 g/mol. The summed E-state index contributed by atoms with van der Waals surface area (Å²) in [5.41, 5.74) is 6.72. The summed E-state index contributed by atoms with van der Waals surface area (Å²) in [4.78, 5) is 22.9. The largest absolute Gasteiger partial charge is 0.481 e. The van der Waals surface area contributed by atoms with Gasteiger partial charge in [0.25, 0.3) is 0 Å². The minimum atomic E-state index is -0.823. The molecular weight excluding hydrogens is 222 g/mol. The molecule has 3 N–H and O–H groups in total. The fraction of sp³-hybridized carbons (Fsp3) is 0.400. The second kappa shape index (κ2) is 4.36. The van der Waals surface area contributed by atoms with Crippen LogP contribution in [0, 0.1) is 5.92 Å². The molecule has 0 fully saturated rings. The zero-order chi connectivity index (χ0) is 12.4. The van der Waals surface area contributed by atoms with Gasteiger partial charge in [0.15, 0.2) is 11.5 Å². The van der Waals surface area contributed by atoms with Gasteiger partial charge in [0.05, 0.1) is 12.2 Å². The van der Waals surface area contributed by atoms with E-state index < -0.39 is 11.9 Å². The number of fused-ring (bicyclic) bond motifs is 1. The molecule has 2 aromatic heterocycles. The van der Waals surface area contributed by atoms with Crippen LogP contribution in [0.4, 0.5) is 5.82 Å². The lowest BCUT2D eigenvalue weighted by atomic mass is 10.1. The van der Waals surface area contributed by atoms with E-state index in [1.807, 2.05) is 6.92 Å². The molecule has 0 amide bonds. The fourth-order valence-corrected chi connectivity index (χ4v) is 1.65. The zero-order valence-electron chi connectivity index (χ0n) is 9.37. The van der Waals surface area contributed by atoms with Crippen molar-refractivity contribution in [2.24, 2.45) is 5.92 Å². The molecule has 0 aliphatic heterocycles. The van der Waals surface area contributed by atoms with Gasteiger partial charge in [-0.15, -0.1) is 0 Å². The average Bonchev–Trinajstić information content (AvgIpc) is 2.70. The topological polar surface area (TPSA) is 107 Å². The smallest absolute Gasteiger partial charge is 0.308 e. The van der Waals surface area contributed by atoms with Crippen molar-refractivity contribution >= 4 is 23.0 Å². The molecule has 0 aliphatic carbocycles. The molecule has 7 nitrogen and oxygen atoms in total. The van der Waals surface area contributed by atoms with Crippen molar-refractivity contribution in [2.45, 2.75) is 19.9 Å². The summed E-state index contributed by atoms with van der Waals surface area (Å²) in [6.07, 6.45) is 3.44. The van der Waals surface area contributed by atoms with E-state index in [1.54, 1.807) is 10.9 Å². The molecule has 0 aliphatic rings. The molecule has 0 spiro atoms. The van der Waals surface area contributed by atoms with Gasteiger partial charge in [-0.05, 0) is 6.42 Å². The van der Waals surface area contributed by atoms with Gasteiger partial charge < -0.3 is 15.4 Å². The summed E-state index contributed by atoms with van der Waals surface area (Å²) in [5.74, 6) is -0.975. The van der Waals surface area contributed by atoms with Gasteiger partial charge in [-0.3, -0.25) is 4.79 Å². The molecule has 2 rings (SSSR count). The number of nitrogens with two attached hydrogens (primary N) is 1. The third-order valence-corrected chi connectivity index (χ3v) is 2.69. The van der Waals surface area contributed by atoms with Crippen molar-refractivity contribution in [2.75, 3.05) is 5.73 Å². The van der Waals surface area contributed by atoms with E-state index in [2.05, 4.69) is 15.0 Å². The van der Waals surface area contributed by atoms with Gasteiger partial charge >= 0.3 is 5.97 Å². The summed E-state index contributed by atoms with van der Waals surface area (Å²) in [6.45, 7) is 2.17. The van der Waals surface area contributed by atoms with Crippen LogP contribution in [0.1, 0.15) is 13.3 Å². The number of nitrogen functional groups attached to an aromatic ring is 1. The molecule has 1 atom stereocenters. The van der Waals surface area contributed by atoms with Crippen LogP contribution in [0.5, 0.6) is 0 Å². The lowest BCUT2D eigenvalue weighted by Gasteiger charge is -2.10. The Morgan fingerprint density at radius 1 is 1.53 bits per heavy atom. The minimum absolute atomic E-state index is 0.303. The summed E-state index contributed by atoms with van der Waals surface area (Å²) < 4.78 is 1.69. The van der Waals surface area contributed by atoms with Crippen molar-refractivity contribution in [3.63, 3.8) is 0 Å². The molecule has 2 aromatic rings. The number of hydrogen-bond donors (Lipinski definition) is 2. The van der Waals surface area contributed by atoms with E-state index in [-0.39, 0.29) is 0 Å². The molecule has 17 heavy (non-hydrogen) atoms. The highest BCUT2D eigenvalue weighted by Crippen LogP contribution is 2.16. The highest BCUT2D eigenvalue weighted by atomic mass is 16.4. The molecular formula is C10H13N5O2. The number of anilines is 1. The van der Waals surface area contributed by atoms with Crippen molar-refractivity contribution in [1.29, 1.82) is 0 Å². The Morgan fingerprint density at radius 2 is 2.29 bits per heavy atom. The molecule has 0 radical (unpaired) electrons. The Kier molecular flexibility index (Phi) is 2.90. The van der Waals surface area contributed by atoms with Crippen LogP contribution in [-0.4, -0.2) is 30.6 Å². The number of imidazole rings is 1. The van der Waals surface area contributed by atoms with Crippen LogP contribution >= 0.6 is 0 Å². The van der Waals surface area contributed by atoms with Crippen molar-refractivity contribution in [3.05, 3.63) is 12.7 Å². The number of aliphatic carboxylic acids is 1. The van der Waals surface area contributed by atoms with E-state index in [1.165, 1.54) is 6.33 Å². The quantitative estimate of drug-likeness (QED) is 0.800. The first-order valence-corrected chi connectivity index (χ1v) is 5.27. The molecule has 0 saturated heterocycles. The minimum Gasteiger partial charge on any atom is -0.481 e. The van der Waals surface area contributed by atoms with Gasteiger partial charge in [-0.25, -0.2) is 15.0 Å². The summed E-state index contributed by atoms with van der Waals surface area (Å²) in [6, 6.07) is 0. The Bertz CT molecular complexity index is 551. The molecule has 7 heteroatoms. The second-order valence-electron chi connectivity index (χ2n) is 3.77. The van der Waals surface area contributed by atoms with Crippen LogP contribution in [0.25, 0.3) is 11.2 Å². The number of hydrogen-bond acceptors (Lipinski definition) is 5. The Hall–Kier alpha value is -2.18. The molecule has 90 valence electrons. The summed E-state index contributed by atoms with van der Waals surface area (Å²) in [7, 11) is 0. The lowest BCUT2D eigenvalue weighted by molar-refractivity contribution is -0.142. The van der Waals surface area contributed by atoms with Crippen molar-refractivity contribution in [3.8, 4) is 0 Å². The molecule has 1 unspecified atom stereocenters. The molecule has 0 aromatic carbocycles. The monoisotopic (exact) mass is 235 g/mol. The molecule has 0 saturated carbocycles. The van der Waals surface area contributed by atoms with E-state index in [9.17, 15) is 4.79 Å². The van der Waals surface area contributed by atoms with Crippen molar-refractivity contribution < 1.29 is 9.90 Å². The Morgan fingerprint density at radius 3 is 2.94 bits per heavy atom. The highest BCUT2D eigenvalue weighted by Gasteiger charge is 2.17. The van der Waals surface area contributed by atoms with E-state index in [4.69, 9.17) is 10.8 Å². The van der Waals surface area contributed by atoms with Gasteiger partial charge in [0, 0.05) is 6.54 Å². The maximum Gasteiger partial charge on any atom is 0.308 e. The number of nitrogens with zero attached hydrogens (tertiary/aromatic N) is 4. The summed E-state index contributed by atoms with van der Waals surface area (Å²) in [5, 5.41) is 9.01. The first kappa shape index (κ1) is 11.3. The molecule has 0 bridgehead atoms. The normalized spacial score (nSPS) is 12.8. The SMILES string of the molecule is CCC(Cn1cnc2c(N)ncnc21)C(=O)O. The fourth-order valence-electron chi connectivity index (χ4n) is 1.65. The van der Waals surface area contributed by atoms with Gasteiger partial charge in [-0.2, -0.15) is 0 Å². The van der Waals surface area contributed by atoms with E-state index >= 15 is 0 Å². The first-order valence-electron chi connectivity index (χ1n) is 5.27. The number of aromatic nitrogens is 4. The number of rotatable bonds is 4. The highest BCUT2D eigenvalue weighted by molar-refractivity contribution is 5.81. The predicted octanol–water partition coefficient (Wildman–Crippen LogP) is 0.519. The van der Waals surface area contributed by atoms with Crippen LogP contribution in [-0.2, 0) is 11.3 Å². The van der Waals surface area contributed by atoms with Crippen LogP contribution in [0.3, 0.4) is 0 Å². The Labute approximate surface area is 97.3 Å². The van der Waals surface area contributed by atoms with Crippen LogP contribution < -0.4 is 5.73 Å². The first-order chi connectivity index (χ1) is 8.13. The Balaban J connectivity index is 2.37. The maximum absolute atomic E-state index is 11.0. The zero-order valence-corrected chi connectivity index (χ0v) is 9.37. The number of carboxylic acid groups (broad SMARTS) is 1. The van der Waals surface area contributed by atoms with Crippen LogP contribution in [0.2, 0.25) is 0 Å². The van der Waals surface area contributed by atoms with Crippen molar-refractivity contribution in [1.82, 2.24) is 19.5 Å². The molecule has 2 heterocycles. The standard InChI is InChI=1S/C10H13N5O2/c1-2-6(10(16)17)3-15-5-14-7-8(11)12-4-13-9(7)15/h4-6H,2-3H2,1H3,(H,16,17)(H2,11,12,13). The van der Waals surface area contributed by atoms with E-state index in [0.717, 1.165) is 0 Å². The maximum atomic E-state index is 11.0. The number of carboxylic acids is 1. The third-order valence-electron chi connectivity index (χ3n) is 2.69. The van der Waals surface area contributed by atoms with Gasteiger partial charge in [0.2, 0.25) is 0 Å². The van der Waals surface area contributed by atoms with Crippen LogP contribution in [0.15, 0.2) is 12.7 Å². The van der Waals surface area contributed by atoms with Gasteiger partial charge in [-0.1, -0.05) is 6.92 Å². The predicted molar refractivity (Wildman–Crippen MR) is 61.2 cm³/mol. The lowest BCUT2D eigenvalue weighted by Crippen LogP contribution is -2.19. The summed E-state index contributed by atoms with van der Waals surface area (Å²) >= 11 is 0.